The van der Waals surface area contributed by atoms with Crippen LogP contribution in [-0.4, -0.2) is 30.3 Å². The zero-order valence-corrected chi connectivity index (χ0v) is 12.6. The summed E-state index contributed by atoms with van der Waals surface area (Å²) < 4.78 is 5.11. The lowest BCUT2D eigenvalue weighted by Crippen LogP contribution is -2.38. The van der Waals surface area contributed by atoms with Crippen molar-refractivity contribution < 1.29 is 14.6 Å². The minimum absolute atomic E-state index is 0.00172. The number of benzene rings is 1. The van der Waals surface area contributed by atoms with Crippen molar-refractivity contribution in [3.63, 3.8) is 0 Å². The molecule has 0 aliphatic rings. The van der Waals surface area contributed by atoms with E-state index in [1.807, 2.05) is 24.3 Å². The molecule has 1 aromatic carbocycles. The summed E-state index contributed by atoms with van der Waals surface area (Å²) in [5.74, 6) is 0.863. The van der Waals surface area contributed by atoms with Gasteiger partial charge in [0.05, 0.1) is 12.7 Å². The Kier molecular flexibility index (Phi) is 6.52. The van der Waals surface area contributed by atoms with Gasteiger partial charge < -0.3 is 15.2 Å². The maximum absolute atomic E-state index is 11.5. The summed E-state index contributed by atoms with van der Waals surface area (Å²) in [6.07, 6.45) is 3.29. The number of aryl methyl sites for hydroxylation is 1. The van der Waals surface area contributed by atoms with E-state index in [-0.39, 0.29) is 5.91 Å². The van der Waals surface area contributed by atoms with Crippen LogP contribution >= 0.6 is 0 Å². The topological polar surface area (TPSA) is 58.6 Å². The van der Waals surface area contributed by atoms with Crippen molar-refractivity contribution >= 4 is 5.91 Å². The molecule has 4 nitrogen and oxygen atoms in total. The van der Waals surface area contributed by atoms with Crippen LogP contribution in [0.2, 0.25) is 0 Å². The van der Waals surface area contributed by atoms with Gasteiger partial charge in [-0.3, -0.25) is 4.79 Å². The third-order valence-electron chi connectivity index (χ3n) is 3.00. The molecule has 1 aromatic rings. The molecule has 1 rings (SSSR count). The van der Waals surface area contributed by atoms with Gasteiger partial charge in [0.2, 0.25) is 5.91 Å². The number of amides is 1. The van der Waals surface area contributed by atoms with Crippen molar-refractivity contribution in [1.29, 1.82) is 0 Å². The predicted molar refractivity (Wildman–Crippen MR) is 79.9 cm³/mol. The van der Waals surface area contributed by atoms with Crippen molar-refractivity contribution in [2.24, 2.45) is 0 Å². The number of nitrogens with one attached hydrogen (secondary N) is 1. The molecule has 0 radical (unpaired) electrons. The van der Waals surface area contributed by atoms with Crippen LogP contribution in [0.15, 0.2) is 24.3 Å². The average Bonchev–Trinajstić information content (AvgIpc) is 2.41. The molecule has 0 fully saturated rings. The van der Waals surface area contributed by atoms with Gasteiger partial charge in [-0.25, -0.2) is 0 Å². The Balaban J connectivity index is 2.16. The first-order valence-electron chi connectivity index (χ1n) is 7.03. The van der Waals surface area contributed by atoms with Crippen LogP contribution < -0.4 is 10.1 Å². The number of rotatable bonds is 8. The van der Waals surface area contributed by atoms with Gasteiger partial charge in [0.15, 0.2) is 0 Å². The normalized spacial score (nSPS) is 11.2. The monoisotopic (exact) mass is 279 g/mol. The summed E-state index contributed by atoms with van der Waals surface area (Å²) in [5.41, 5.74) is 0.404. The number of methoxy groups -OCH3 is 1. The van der Waals surface area contributed by atoms with Crippen LogP contribution in [0.5, 0.6) is 5.75 Å². The van der Waals surface area contributed by atoms with Crippen molar-refractivity contribution in [1.82, 2.24) is 5.32 Å². The van der Waals surface area contributed by atoms with E-state index in [2.05, 4.69) is 5.32 Å². The Labute approximate surface area is 121 Å². The molecule has 0 unspecified atom stereocenters. The Bertz CT molecular complexity index is 407. The molecule has 0 saturated heterocycles. The van der Waals surface area contributed by atoms with Crippen LogP contribution in [0.4, 0.5) is 0 Å². The maximum atomic E-state index is 11.5. The van der Waals surface area contributed by atoms with Crippen LogP contribution in [0, 0.1) is 0 Å². The molecule has 1 amide bonds. The first-order valence-corrected chi connectivity index (χ1v) is 7.03. The van der Waals surface area contributed by atoms with E-state index in [1.54, 1.807) is 21.0 Å². The number of hydrogen-bond donors (Lipinski definition) is 2. The highest BCUT2D eigenvalue weighted by molar-refractivity contribution is 5.75. The molecule has 0 aliphatic carbocycles. The fraction of sp³-hybridized carbons (Fsp3) is 0.562. The van der Waals surface area contributed by atoms with E-state index in [4.69, 9.17) is 4.74 Å². The second-order valence-corrected chi connectivity index (χ2v) is 5.64. The Hall–Kier alpha value is -1.55. The molecule has 0 aliphatic heterocycles. The number of ether oxygens (including phenoxy) is 1. The van der Waals surface area contributed by atoms with Crippen LogP contribution in [0.25, 0.3) is 0 Å². The van der Waals surface area contributed by atoms with Crippen molar-refractivity contribution in [2.75, 3.05) is 13.7 Å². The molecule has 112 valence electrons. The largest absolute Gasteiger partial charge is 0.497 e. The van der Waals surface area contributed by atoms with E-state index in [9.17, 15) is 9.90 Å². The summed E-state index contributed by atoms with van der Waals surface area (Å²) in [6, 6.07) is 8.00. The molecule has 2 N–H and O–H groups in total. The van der Waals surface area contributed by atoms with Gasteiger partial charge in [0.25, 0.3) is 0 Å². The lowest BCUT2D eigenvalue weighted by Gasteiger charge is -2.17. The van der Waals surface area contributed by atoms with E-state index in [0.717, 1.165) is 25.0 Å². The highest BCUT2D eigenvalue weighted by Crippen LogP contribution is 2.13. The molecule has 4 heteroatoms. The number of carbonyl (C=O) groups is 1. The SMILES string of the molecule is COc1ccc(CCCCC(=O)NCC(C)(C)O)cc1. The third-order valence-corrected chi connectivity index (χ3v) is 3.00. The Morgan fingerprint density at radius 3 is 2.45 bits per heavy atom. The zero-order valence-electron chi connectivity index (χ0n) is 12.6. The Morgan fingerprint density at radius 2 is 1.90 bits per heavy atom. The average molecular weight is 279 g/mol. The van der Waals surface area contributed by atoms with Crippen molar-refractivity contribution in [3.05, 3.63) is 29.8 Å². The van der Waals surface area contributed by atoms with Gasteiger partial charge in [-0.05, 0) is 50.8 Å². The van der Waals surface area contributed by atoms with Gasteiger partial charge in [-0.15, -0.1) is 0 Å². The van der Waals surface area contributed by atoms with E-state index >= 15 is 0 Å². The summed E-state index contributed by atoms with van der Waals surface area (Å²) in [4.78, 5) is 11.5. The van der Waals surface area contributed by atoms with E-state index in [1.165, 1.54) is 5.56 Å². The molecule has 0 bridgehead atoms. The van der Waals surface area contributed by atoms with Crippen LogP contribution in [0.1, 0.15) is 38.7 Å². The van der Waals surface area contributed by atoms with Gasteiger partial charge in [-0.2, -0.15) is 0 Å². The first-order chi connectivity index (χ1) is 9.40. The fourth-order valence-corrected chi connectivity index (χ4v) is 1.81. The lowest BCUT2D eigenvalue weighted by atomic mass is 10.1. The maximum Gasteiger partial charge on any atom is 0.220 e. The van der Waals surface area contributed by atoms with Gasteiger partial charge in [0.1, 0.15) is 5.75 Å². The van der Waals surface area contributed by atoms with Crippen LogP contribution in [-0.2, 0) is 11.2 Å². The second-order valence-electron chi connectivity index (χ2n) is 5.64. The summed E-state index contributed by atoms with van der Waals surface area (Å²) in [6.45, 7) is 3.65. The number of aliphatic hydroxyl groups is 1. The summed E-state index contributed by atoms with van der Waals surface area (Å²) in [5, 5.41) is 12.2. The van der Waals surface area contributed by atoms with Gasteiger partial charge in [-0.1, -0.05) is 12.1 Å². The first kappa shape index (κ1) is 16.5. The van der Waals surface area contributed by atoms with Gasteiger partial charge in [0, 0.05) is 13.0 Å². The quantitative estimate of drug-likeness (QED) is 0.718. The molecule has 20 heavy (non-hydrogen) atoms. The summed E-state index contributed by atoms with van der Waals surface area (Å²) in [7, 11) is 1.65. The molecule has 0 atom stereocenters. The molecule has 0 aromatic heterocycles. The minimum Gasteiger partial charge on any atom is -0.497 e. The smallest absolute Gasteiger partial charge is 0.220 e. The van der Waals surface area contributed by atoms with Gasteiger partial charge >= 0.3 is 0 Å². The number of hydrogen-bond acceptors (Lipinski definition) is 3. The lowest BCUT2D eigenvalue weighted by molar-refractivity contribution is -0.122. The standard InChI is InChI=1S/C16H25NO3/c1-16(2,19)12-17-15(18)7-5-4-6-13-8-10-14(20-3)11-9-13/h8-11,19H,4-7,12H2,1-3H3,(H,17,18). The zero-order chi connectivity index (χ0) is 15.0. The van der Waals surface area contributed by atoms with E-state index < -0.39 is 5.60 Å². The minimum atomic E-state index is -0.848. The number of unbranched alkanes of at least 4 members (excludes halogenated alkanes) is 1. The second kappa shape index (κ2) is 7.90. The highest BCUT2D eigenvalue weighted by atomic mass is 16.5. The highest BCUT2D eigenvalue weighted by Gasteiger charge is 2.13. The summed E-state index contributed by atoms with van der Waals surface area (Å²) >= 11 is 0. The molecule has 0 heterocycles. The van der Waals surface area contributed by atoms with E-state index in [0.29, 0.717) is 13.0 Å². The molecule has 0 saturated carbocycles. The molecular formula is C16H25NO3. The fourth-order valence-electron chi connectivity index (χ4n) is 1.81. The molecular weight excluding hydrogens is 254 g/mol. The van der Waals surface area contributed by atoms with Crippen molar-refractivity contribution in [3.8, 4) is 5.75 Å². The molecule has 0 spiro atoms. The number of carbonyl (C=O) groups excluding carboxylic acids is 1. The van der Waals surface area contributed by atoms with Crippen molar-refractivity contribution in [2.45, 2.75) is 45.1 Å². The Morgan fingerprint density at radius 1 is 1.25 bits per heavy atom. The third kappa shape index (κ3) is 7.14. The van der Waals surface area contributed by atoms with Crippen LogP contribution in [0.3, 0.4) is 0 Å². The predicted octanol–water partition coefficient (Wildman–Crippen LogP) is 2.30.